The van der Waals surface area contributed by atoms with E-state index in [1.807, 2.05) is 44.2 Å². The Bertz CT molecular complexity index is 1800. The number of likely N-dealkylation sites (N-methyl/N-ethyl adjacent to an activating group) is 1. The van der Waals surface area contributed by atoms with Crippen molar-refractivity contribution in [1.82, 2.24) is 15.2 Å². The number of nitrogens with one attached hydrogen (secondary N) is 1. The third-order valence-corrected chi connectivity index (χ3v) is 8.13. The van der Waals surface area contributed by atoms with Crippen LogP contribution in [0.2, 0.25) is 0 Å². The van der Waals surface area contributed by atoms with Crippen LogP contribution in [-0.4, -0.2) is 70.0 Å². The number of carboxylic acid groups (broad SMARTS) is 1. The largest absolute Gasteiger partial charge is 0.486 e. The highest BCUT2D eigenvalue weighted by atomic mass is 16.7. The first-order valence-corrected chi connectivity index (χ1v) is 15.3. The number of benzene rings is 3. The maximum Gasteiger partial charge on any atom is 0.305 e. The Hall–Kier alpha value is -5.58. The number of rotatable bonds is 13. The molecule has 0 saturated carbocycles. The lowest BCUT2D eigenvalue weighted by Crippen LogP contribution is -2.54. The van der Waals surface area contributed by atoms with E-state index in [0.29, 0.717) is 22.5 Å². The van der Waals surface area contributed by atoms with Gasteiger partial charge in [0, 0.05) is 24.4 Å². The van der Waals surface area contributed by atoms with Gasteiger partial charge in [0.15, 0.2) is 5.78 Å². The summed E-state index contributed by atoms with van der Waals surface area (Å²) in [7, 11) is 1.37. The molecule has 0 radical (unpaired) electrons. The highest BCUT2D eigenvalue weighted by Gasteiger charge is 2.52. The zero-order valence-corrected chi connectivity index (χ0v) is 26.3. The molecule has 2 N–H and O–H groups in total. The van der Waals surface area contributed by atoms with E-state index in [0.717, 1.165) is 10.3 Å². The Morgan fingerprint density at radius 1 is 0.936 bits per heavy atom. The Labute approximate surface area is 272 Å². The molecule has 2 heterocycles. The summed E-state index contributed by atoms with van der Waals surface area (Å²) in [6.07, 6.45) is -0.690. The molecule has 11 heteroatoms. The molecular weight excluding hydrogens is 600 g/mol. The lowest BCUT2D eigenvalue weighted by atomic mass is 9.83. The van der Waals surface area contributed by atoms with E-state index in [4.69, 9.17) is 9.57 Å². The minimum atomic E-state index is -1.72. The van der Waals surface area contributed by atoms with Crippen molar-refractivity contribution in [2.45, 2.75) is 44.4 Å². The lowest BCUT2D eigenvalue weighted by Gasteiger charge is -2.34. The molecule has 11 nitrogen and oxygen atoms in total. The van der Waals surface area contributed by atoms with E-state index >= 15 is 0 Å². The third-order valence-electron chi connectivity index (χ3n) is 8.13. The molecule has 2 amide bonds. The fraction of sp³-hybridized carbons (Fsp3) is 0.278. The van der Waals surface area contributed by atoms with Gasteiger partial charge < -0.3 is 24.9 Å². The van der Waals surface area contributed by atoms with E-state index in [2.05, 4.69) is 15.5 Å². The summed E-state index contributed by atoms with van der Waals surface area (Å²) in [5, 5.41) is 17.9. The smallest absolute Gasteiger partial charge is 0.305 e. The number of fused-ring (bicyclic) bond motifs is 1. The molecule has 1 unspecified atom stereocenters. The minimum Gasteiger partial charge on any atom is -0.486 e. The second-order valence-electron chi connectivity index (χ2n) is 11.7. The van der Waals surface area contributed by atoms with Gasteiger partial charge in [-0.2, -0.15) is 0 Å². The van der Waals surface area contributed by atoms with Crippen molar-refractivity contribution in [3.63, 3.8) is 0 Å². The fourth-order valence-corrected chi connectivity index (χ4v) is 5.59. The highest BCUT2D eigenvalue weighted by molar-refractivity contribution is 6.04. The third kappa shape index (κ3) is 7.30. The van der Waals surface area contributed by atoms with Crippen LogP contribution in [0.15, 0.2) is 102 Å². The number of aromatic nitrogens is 1. The molecule has 47 heavy (non-hydrogen) atoms. The van der Waals surface area contributed by atoms with Gasteiger partial charge in [0.2, 0.25) is 5.60 Å². The van der Waals surface area contributed by atoms with Gasteiger partial charge >= 0.3 is 5.97 Å². The number of ether oxygens (including phenoxy) is 1. The molecule has 0 saturated heterocycles. The van der Waals surface area contributed by atoms with Gasteiger partial charge in [0.1, 0.15) is 24.1 Å². The first-order valence-electron chi connectivity index (χ1n) is 15.3. The van der Waals surface area contributed by atoms with Crippen molar-refractivity contribution in [3.05, 3.63) is 108 Å². The Morgan fingerprint density at radius 3 is 2.28 bits per heavy atom. The Morgan fingerprint density at radius 2 is 1.60 bits per heavy atom. The Balaban J connectivity index is 1.40. The summed E-state index contributed by atoms with van der Waals surface area (Å²) in [5.41, 5.74) is 0.0590. The van der Waals surface area contributed by atoms with Crippen LogP contribution < -0.4 is 10.1 Å². The molecule has 1 aliphatic rings. The van der Waals surface area contributed by atoms with Gasteiger partial charge in [-0.25, -0.2) is 4.98 Å². The average Bonchev–Trinajstić information content (AvgIpc) is 3.54. The van der Waals surface area contributed by atoms with Crippen molar-refractivity contribution in [2.75, 3.05) is 13.7 Å². The number of aliphatic carboxylic acids is 1. The fourth-order valence-electron chi connectivity index (χ4n) is 5.59. The normalized spacial score (nSPS) is 16.9. The number of ketones is 1. The average molecular weight is 637 g/mol. The van der Waals surface area contributed by atoms with Crippen LogP contribution in [0.5, 0.6) is 5.75 Å². The van der Waals surface area contributed by atoms with E-state index in [1.165, 1.54) is 7.05 Å². The lowest BCUT2D eigenvalue weighted by molar-refractivity contribution is -0.161. The van der Waals surface area contributed by atoms with Crippen LogP contribution in [-0.2, 0) is 24.8 Å². The van der Waals surface area contributed by atoms with Crippen LogP contribution in [0, 0.1) is 5.92 Å². The first-order chi connectivity index (χ1) is 22.6. The second-order valence-corrected chi connectivity index (χ2v) is 11.7. The number of oxime groups is 1. The van der Waals surface area contributed by atoms with Gasteiger partial charge in [-0.15, -0.1) is 0 Å². The highest BCUT2D eigenvalue weighted by Crippen LogP contribution is 2.39. The number of nitrogens with zero attached hydrogens (tertiary/aromatic N) is 3. The molecule has 3 atom stereocenters. The topological polar surface area (TPSA) is 147 Å². The summed E-state index contributed by atoms with van der Waals surface area (Å²) < 4.78 is 5.59. The number of hydrogen-bond donors (Lipinski definition) is 2. The van der Waals surface area contributed by atoms with Crippen molar-refractivity contribution < 1.29 is 33.9 Å². The molecule has 1 aliphatic heterocycles. The van der Waals surface area contributed by atoms with Crippen LogP contribution in [0.4, 0.5) is 0 Å². The molecule has 0 aliphatic carbocycles. The van der Waals surface area contributed by atoms with Crippen LogP contribution in [0.1, 0.15) is 42.7 Å². The minimum absolute atomic E-state index is 0.0526. The van der Waals surface area contributed by atoms with Crippen molar-refractivity contribution in [1.29, 1.82) is 0 Å². The SMILES string of the molecule is CC(C)[C@H](NC(=O)c1ccc2ccccc2n1)C1=NOC(C(=O)N(C)[C@@H](CC(=O)O)C(=O)COc2ccccc2)(c2ccccc2)C1. The summed E-state index contributed by atoms with van der Waals surface area (Å²) >= 11 is 0. The number of hydrogen-bond acceptors (Lipinski definition) is 8. The van der Waals surface area contributed by atoms with Gasteiger partial charge in [-0.3, -0.25) is 19.2 Å². The van der Waals surface area contributed by atoms with Gasteiger partial charge in [0.25, 0.3) is 11.8 Å². The van der Waals surface area contributed by atoms with Crippen LogP contribution >= 0.6 is 0 Å². The van der Waals surface area contributed by atoms with E-state index in [1.54, 1.807) is 66.7 Å². The van der Waals surface area contributed by atoms with Crippen molar-refractivity contribution in [3.8, 4) is 5.75 Å². The quantitative estimate of drug-likeness (QED) is 0.216. The monoisotopic (exact) mass is 636 g/mol. The maximum absolute atomic E-state index is 14.4. The Kier molecular flexibility index (Phi) is 9.94. The van der Waals surface area contributed by atoms with Crippen LogP contribution in [0.25, 0.3) is 10.9 Å². The molecule has 3 aromatic carbocycles. The molecule has 5 rings (SSSR count). The molecule has 1 aromatic heterocycles. The molecular formula is C36H36N4O7. The molecule has 0 bridgehead atoms. The number of carbonyl (C=O) groups is 4. The van der Waals surface area contributed by atoms with E-state index in [9.17, 15) is 24.3 Å². The summed E-state index contributed by atoms with van der Waals surface area (Å²) in [5.74, 6) is -2.65. The number of pyridine rings is 1. The molecule has 0 fully saturated rings. The summed E-state index contributed by atoms with van der Waals surface area (Å²) in [6.45, 7) is 3.38. The summed E-state index contributed by atoms with van der Waals surface area (Å²) in [4.78, 5) is 64.6. The van der Waals surface area contributed by atoms with E-state index < -0.39 is 54.3 Å². The maximum atomic E-state index is 14.4. The number of amides is 2. The van der Waals surface area contributed by atoms with Crippen LogP contribution in [0.3, 0.4) is 0 Å². The molecule has 0 spiro atoms. The zero-order valence-electron chi connectivity index (χ0n) is 26.3. The predicted octanol–water partition coefficient (Wildman–Crippen LogP) is 4.61. The van der Waals surface area contributed by atoms with Crippen molar-refractivity contribution in [2.24, 2.45) is 11.1 Å². The van der Waals surface area contributed by atoms with E-state index in [-0.39, 0.29) is 18.0 Å². The number of carboxylic acids is 1. The van der Waals surface area contributed by atoms with Gasteiger partial charge in [-0.05, 0) is 30.2 Å². The van der Waals surface area contributed by atoms with Gasteiger partial charge in [0.05, 0.1) is 23.7 Å². The molecule has 4 aromatic rings. The first kappa shape index (κ1) is 32.8. The van der Waals surface area contributed by atoms with Crippen molar-refractivity contribution >= 4 is 40.2 Å². The predicted molar refractivity (Wildman–Crippen MR) is 175 cm³/mol. The number of carbonyl (C=O) groups excluding carboxylic acids is 3. The molecule has 242 valence electrons. The number of para-hydroxylation sites is 2. The van der Waals surface area contributed by atoms with Gasteiger partial charge in [-0.1, -0.05) is 91.8 Å². The zero-order chi connectivity index (χ0) is 33.6. The standard InChI is InChI=1S/C36H36N4O7/c1-23(2)33(38-34(44)28-19-18-24-12-10-11-17-27(24)37-28)29-21-36(47-39-29,25-13-6-4-7-14-25)35(45)40(3)30(20-32(42)43)31(41)22-46-26-15-8-5-9-16-26/h4-19,23,30,33H,20-22H2,1-3H3,(H,38,44)(H,42,43)/t30-,33-,36?/m0/s1. The second kappa shape index (κ2) is 14.2. The summed E-state index contributed by atoms with van der Waals surface area (Å²) in [6, 6.07) is 26.3. The number of Topliss-reactive ketones (excluding diaryl/α,β-unsaturated/α-hetero) is 1.